The zero-order valence-corrected chi connectivity index (χ0v) is 36.0. The second kappa shape index (κ2) is 24.7. The Morgan fingerprint density at radius 3 is 0.684 bits per heavy atom. The molecule has 0 aliphatic rings. The van der Waals surface area contributed by atoms with Crippen LogP contribution in [0, 0.1) is 0 Å². The third-order valence-electron chi connectivity index (χ3n) is 8.96. The number of aromatic nitrogens is 2. The molecule has 0 saturated heterocycles. The van der Waals surface area contributed by atoms with Gasteiger partial charge in [0.05, 0.1) is 0 Å². The maximum Gasteiger partial charge on any atom is 0.248 e. The lowest BCUT2D eigenvalue weighted by molar-refractivity contribution is 0.0991. The number of para-hydroxylation sites is 3. The van der Waals surface area contributed by atoms with Crippen molar-refractivity contribution in [3.05, 3.63) is 148 Å². The van der Waals surface area contributed by atoms with Crippen molar-refractivity contribution < 1.29 is 24.9 Å². The molecule has 0 aliphatic heterocycles. The van der Waals surface area contributed by atoms with Crippen LogP contribution in [0.1, 0.15) is 173 Å². The lowest BCUT2D eigenvalue weighted by Crippen LogP contribution is -2.10. The Labute approximate surface area is 341 Å². The lowest BCUT2D eigenvalue weighted by atomic mass is 9.94. The first-order chi connectivity index (χ1) is 26.7. The summed E-state index contributed by atoms with van der Waals surface area (Å²) in [6, 6.07) is 24.3. The molecule has 0 atom stereocenters. The summed E-state index contributed by atoms with van der Waals surface area (Å²) in [5, 5.41) is 29.8. The van der Waals surface area contributed by atoms with E-state index in [2.05, 4.69) is 93.1 Å². The Bertz CT molecular complexity index is 1670. The second-order valence-corrected chi connectivity index (χ2v) is 15.5. The van der Waals surface area contributed by atoms with Gasteiger partial charge in [0.2, 0.25) is 11.8 Å². The minimum atomic E-state index is -0.419. The van der Waals surface area contributed by atoms with Gasteiger partial charge in [0.1, 0.15) is 17.2 Å². The van der Waals surface area contributed by atoms with Gasteiger partial charge >= 0.3 is 0 Å². The number of phenols is 3. The normalized spacial score (nSPS) is 10.5. The van der Waals surface area contributed by atoms with Crippen molar-refractivity contribution in [2.75, 3.05) is 0 Å². The zero-order chi connectivity index (χ0) is 43.4. The zero-order valence-electron chi connectivity index (χ0n) is 36.0. The van der Waals surface area contributed by atoms with Crippen molar-refractivity contribution in [3.8, 4) is 17.2 Å². The minimum Gasteiger partial charge on any atom is -0.507 e. The summed E-state index contributed by atoms with van der Waals surface area (Å²) in [7, 11) is 0. The van der Waals surface area contributed by atoms with Crippen molar-refractivity contribution in [3.63, 3.8) is 0 Å². The summed E-state index contributed by atoms with van der Waals surface area (Å²) in [6.45, 7) is 25.2. The van der Waals surface area contributed by atoms with Gasteiger partial charge in [-0.2, -0.15) is 0 Å². The van der Waals surface area contributed by atoms with Gasteiger partial charge in [-0.25, -0.2) is 0 Å². The molecule has 9 nitrogen and oxygen atoms in total. The molecule has 0 fully saturated rings. The van der Waals surface area contributed by atoms with Crippen molar-refractivity contribution in [2.24, 2.45) is 11.5 Å². The van der Waals surface area contributed by atoms with E-state index in [9.17, 15) is 24.9 Å². The Morgan fingerprint density at radius 1 is 0.386 bits per heavy atom. The second-order valence-electron chi connectivity index (χ2n) is 15.5. The fourth-order valence-corrected chi connectivity index (χ4v) is 5.57. The highest BCUT2D eigenvalue weighted by atomic mass is 16.3. The van der Waals surface area contributed by atoms with Gasteiger partial charge in [-0.15, -0.1) is 0 Å². The molecule has 5 aromatic rings. The molecule has 2 amide bonds. The molecule has 308 valence electrons. The summed E-state index contributed by atoms with van der Waals surface area (Å²) in [5.74, 6) is 2.93. The van der Waals surface area contributed by atoms with E-state index in [0.717, 1.165) is 33.4 Å². The van der Waals surface area contributed by atoms with E-state index < -0.39 is 11.8 Å². The Kier molecular flexibility index (Phi) is 21.4. The van der Waals surface area contributed by atoms with Crippen LogP contribution >= 0.6 is 0 Å². The van der Waals surface area contributed by atoms with Crippen LogP contribution in [0.15, 0.2) is 104 Å². The first kappa shape index (κ1) is 49.3. The number of nitrogens with two attached hydrogens (primary N) is 2. The Morgan fingerprint density at radius 2 is 0.561 bits per heavy atom. The van der Waals surface area contributed by atoms with Gasteiger partial charge in [0, 0.05) is 35.9 Å². The van der Waals surface area contributed by atoms with Crippen LogP contribution in [-0.2, 0) is 0 Å². The molecule has 5 rings (SSSR count). The fraction of sp³-hybridized carbons (Fsp3) is 0.375. The third-order valence-corrected chi connectivity index (χ3v) is 8.96. The highest BCUT2D eigenvalue weighted by molar-refractivity contribution is 5.92. The number of rotatable bonds is 8. The van der Waals surface area contributed by atoms with Crippen LogP contribution in [0.5, 0.6) is 17.2 Å². The molecule has 57 heavy (non-hydrogen) atoms. The monoisotopic (exact) mass is 779 g/mol. The van der Waals surface area contributed by atoms with Gasteiger partial charge in [-0.3, -0.25) is 19.6 Å². The van der Waals surface area contributed by atoms with Gasteiger partial charge < -0.3 is 26.8 Å². The SMILES string of the molecule is CC(C)c1cccc(C(C)C)c1O.CC(C)c1cccc(C(C)C)c1O.CC(C)c1cccc(C(C)C)c1O.NC(=O)c1ccncc1.NC(=O)c1ccncc1. The number of hydrogen-bond donors (Lipinski definition) is 5. The van der Waals surface area contributed by atoms with Gasteiger partial charge in [-0.1, -0.05) is 138 Å². The van der Waals surface area contributed by atoms with Crippen molar-refractivity contribution in [1.29, 1.82) is 0 Å². The molecule has 0 spiro atoms. The molecule has 0 unspecified atom stereocenters. The summed E-state index contributed by atoms with van der Waals surface area (Å²) in [5.41, 5.74) is 17.2. The smallest absolute Gasteiger partial charge is 0.248 e. The maximum absolute atomic E-state index is 10.4. The largest absolute Gasteiger partial charge is 0.507 e. The molecule has 0 radical (unpaired) electrons. The summed E-state index contributed by atoms with van der Waals surface area (Å²) >= 11 is 0. The van der Waals surface area contributed by atoms with E-state index in [1.165, 1.54) is 24.8 Å². The molecule has 9 heteroatoms. The number of aromatic hydroxyl groups is 3. The molecule has 7 N–H and O–H groups in total. The van der Waals surface area contributed by atoms with Crippen LogP contribution in [-0.4, -0.2) is 37.1 Å². The van der Waals surface area contributed by atoms with E-state index >= 15 is 0 Å². The molecule has 2 heterocycles. The number of nitrogens with zero attached hydrogens (tertiary/aromatic N) is 2. The first-order valence-corrected chi connectivity index (χ1v) is 19.6. The standard InChI is InChI=1S/3C12H18O.2C6H6N2O/c3*1-8(2)10-6-5-7-11(9(3)4)12(10)13;2*7-6(9)5-1-3-8-4-2-5/h3*5-9,13H,1-4H3;2*1-4H,(H2,7,9). The van der Waals surface area contributed by atoms with E-state index in [1.54, 1.807) is 24.3 Å². The number of amides is 2. The van der Waals surface area contributed by atoms with Crippen LogP contribution in [0.2, 0.25) is 0 Å². The third kappa shape index (κ3) is 16.5. The number of primary amides is 2. The average Bonchev–Trinajstić information content (AvgIpc) is 3.16. The number of phenolic OH excluding ortho intramolecular Hbond substituents is 3. The predicted molar refractivity (Wildman–Crippen MR) is 234 cm³/mol. The highest BCUT2D eigenvalue weighted by Crippen LogP contribution is 2.35. The lowest BCUT2D eigenvalue weighted by Gasteiger charge is -2.14. The summed E-state index contributed by atoms with van der Waals surface area (Å²) in [6.07, 6.45) is 6.11. The van der Waals surface area contributed by atoms with E-state index in [-0.39, 0.29) is 0 Å². The maximum atomic E-state index is 10.4. The summed E-state index contributed by atoms with van der Waals surface area (Å²) in [4.78, 5) is 28.2. The van der Waals surface area contributed by atoms with E-state index in [1.807, 2.05) is 54.6 Å². The highest BCUT2D eigenvalue weighted by Gasteiger charge is 2.13. The fourth-order valence-electron chi connectivity index (χ4n) is 5.57. The van der Waals surface area contributed by atoms with Crippen molar-refractivity contribution >= 4 is 11.8 Å². The summed E-state index contributed by atoms with van der Waals surface area (Å²) < 4.78 is 0. The molecule has 3 aromatic carbocycles. The van der Waals surface area contributed by atoms with Crippen LogP contribution in [0.3, 0.4) is 0 Å². The van der Waals surface area contributed by atoms with Gasteiger partial charge in [-0.05, 0) is 93.2 Å². The van der Waals surface area contributed by atoms with Crippen molar-refractivity contribution in [1.82, 2.24) is 9.97 Å². The topological polar surface area (TPSA) is 173 Å². The quantitative estimate of drug-likeness (QED) is 0.104. The van der Waals surface area contributed by atoms with E-state index in [4.69, 9.17) is 11.5 Å². The molecule has 0 aliphatic carbocycles. The Balaban J connectivity index is 0.000000359. The molecular weight excluding hydrogens is 713 g/mol. The number of carbonyl (C=O) groups excluding carboxylic acids is 2. The van der Waals surface area contributed by atoms with Gasteiger partial charge in [0.25, 0.3) is 0 Å². The van der Waals surface area contributed by atoms with Crippen LogP contribution in [0.25, 0.3) is 0 Å². The number of hydrogen-bond acceptors (Lipinski definition) is 7. The molecule has 0 saturated carbocycles. The number of pyridine rings is 2. The number of carbonyl (C=O) groups is 2. The van der Waals surface area contributed by atoms with Crippen LogP contribution < -0.4 is 11.5 Å². The molecule has 0 bridgehead atoms. The predicted octanol–water partition coefficient (Wildman–Crippen LogP) is 11.3. The van der Waals surface area contributed by atoms with Gasteiger partial charge in [0.15, 0.2) is 0 Å². The van der Waals surface area contributed by atoms with E-state index in [0.29, 0.717) is 63.9 Å². The van der Waals surface area contributed by atoms with Crippen LogP contribution in [0.4, 0.5) is 0 Å². The van der Waals surface area contributed by atoms with Crippen molar-refractivity contribution in [2.45, 2.75) is 119 Å². The number of benzene rings is 3. The average molecular weight is 779 g/mol. The Hall–Kier alpha value is -5.70. The molecular formula is C48H66N4O5. The first-order valence-electron chi connectivity index (χ1n) is 19.6. The molecule has 2 aromatic heterocycles. The minimum absolute atomic E-state index is 0.388.